The SMILES string of the molecule is CNCc1cc(Cl)ccc1OCc1cc(F)cc(C#N)c1. The van der Waals surface area contributed by atoms with Crippen LogP contribution in [0.2, 0.25) is 5.02 Å². The van der Waals surface area contributed by atoms with Gasteiger partial charge >= 0.3 is 0 Å². The maximum absolute atomic E-state index is 13.4. The van der Waals surface area contributed by atoms with Crippen LogP contribution in [0.25, 0.3) is 0 Å². The first-order chi connectivity index (χ1) is 10.1. The van der Waals surface area contributed by atoms with Gasteiger partial charge in [-0.1, -0.05) is 11.6 Å². The lowest BCUT2D eigenvalue weighted by Crippen LogP contribution is -2.07. The first-order valence-corrected chi connectivity index (χ1v) is 6.75. The van der Waals surface area contributed by atoms with Crippen molar-refractivity contribution in [2.75, 3.05) is 7.05 Å². The van der Waals surface area contributed by atoms with E-state index in [0.29, 0.717) is 22.9 Å². The minimum absolute atomic E-state index is 0.185. The number of hydrogen-bond acceptors (Lipinski definition) is 3. The molecule has 0 unspecified atom stereocenters. The van der Waals surface area contributed by atoms with Crippen molar-refractivity contribution in [2.24, 2.45) is 0 Å². The van der Waals surface area contributed by atoms with Crippen LogP contribution in [0.1, 0.15) is 16.7 Å². The van der Waals surface area contributed by atoms with Crippen LogP contribution in [0.5, 0.6) is 5.75 Å². The molecule has 2 rings (SSSR count). The Balaban J connectivity index is 2.16. The molecule has 0 amide bonds. The average Bonchev–Trinajstić information content (AvgIpc) is 2.46. The van der Waals surface area contributed by atoms with E-state index in [9.17, 15) is 4.39 Å². The fourth-order valence-electron chi connectivity index (χ4n) is 1.98. The Labute approximate surface area is 127 Å². The largest absolute Gasteiger partial charge is 0.489 e. The van der Waals surface area contributed by atoms with Gasteiger partial charge in [0.05, 0.1) is 11.6 Å². The molecule has 3 nitrogen and oxygen atoms in total. The van der Waals surface area contributed by atoms with Gasteiger partial charge in [-0.05, 0) is 49.0 Å². The molecule has 21 heavy (non-hydrogen) atoms. The number of benzene rings is 2. The first kappa shape index (κ1) is 15.3. The van der Waals surface area contributed by atoms with Crippen molar-refractivity contribution in [3.05, 3.63) is 63.9 Å². The molecule has 5 heteroatoms. The second-order valence-electron chi connectivity index (χ2n) is 4.53. The summed E-state index contributed by atoms with van der Waals surface area (Å²) < 4.78 is 19.1. The van der Waals surface area contributed by atoms with E-state index in [2.05, 4.69) is 5.32 Å². The van der Waals surface area contributed by atoms with Crippen LogP contribution in [-0.2, 0) is 13.2 Å². The zero-order valence-corrected chi connectivity index (χ0v) is 12.2. The Morgan fingerprint density at radius 2 is 2.10 bits per heavy atom. The number of ether oxygens (including phenoxy) is 1. The van der Waals surface area contributed by atoms with E-state index in [1.807, 2.05) is 19.2 Å². The highest BCUT2D eigenvalue weighted by Crippen LogP contribution is 2.24. The third-order valence-corrected chi connectivity index (χ3v) is 3.11. The summed E-state index contributed by atoms with van der Waals surface area (Å²) in [4.78, 5) is 0. The molecule has 0 saturated heterocycles. The van der Waals surface area contributed by atoms with E-state index < -0.39 is 5.82 Å². The Kier molecular flexibility index (Phi) is 5.15. The highest BCUT2D eigenvalue weighted by atomic mass is 35.5. The van der Waals surface area contributed by atoms with Gasteiger partial charge in [0.15, 0.2) is 0 Å². The van der Waals surface area contributed by atoms with E-state index in [4.69, 9.17) is 21.6 Å². The van der Waals surface area contributed by atoms with Crippen LogP contribution in [0.15, 0.2) is 36.4 Å². The van der Waals surface area contributed by atoms with Crippen molar-refractivity contribution in [2.45, 2.75) is 13.2 Å². The summed E-state index contributed by atoms with van der Waals surface area (Å²) in [6.45, 7) is 0.799. The molecular weight excluding hydrogens is 291 g/mol. The van der Waals surface area contributed by atoms with Gasteiger partial charge in [0.25, 0.3) is 0 Å². The number of nitrogens with one attached hydrogen (secondary N) is 1. The third kappa shape index (κ3) is 4.19. The topological polar surface area (TPSA) is 45.0 Å². The lowest BCUT2D eigenvalue weighted by atomic mass is 10.1. The van der Waals surface area contributed by atoms with Crippen LogP contribution < -0.4 is 10.1 Å². The molecule has 0 spiro atoms. The summed E-state index contributed by atoms with van der Waals surface area (Å²) >= 11 is 5.96. The predicted molar refractivity (Wildman–Crippen MR) is 79.7 cm³/mol. The van der Waals surface area contributed by atoms with Crippen molar-refractivity contribution in [3.63, 3.8) is 0 Å². The summed E-state index contributed by atoms with van der Waals surface area (Å²) in [5.41, 5.74) is 1.80. The van der Waals surface area contributed by atoms with Crippen LogP contribution in [-0.4, -0.2) is 7.05 Å². The van der Waals surface area contributed by atoms with Gasteiger partial charge in [0, 0.05) is 17.1 Å². The Morgan fingerprint density at radius 1 is 1.29 bits per heavy atom. The van der Waals surface area contributed by atoms with Crippen molar-refractivity contribution in [1.82, 2.24) is 5.32 Å². The highest BCUT2D eigenvalue weighted by molar-refractivity contribution is 6.30. The highest BCUT2D eigenvalue weighted by Gasteiger charge is 2.06. The second kappa shape index (κ2) is 7.07. The zero-order valence-electron chi connectivity index (χ0n) is 11.5. The lowest BCUT2D eigenvalue weighted by Gasteiger charge is -2.12. The molecule has 0 atom stereocenters. The Morgan fingerprint density at radius 3 is 2.81 bits per heavy atom. The minimum Gasteiger partial charge on any atom is -0.489 e. The Bertz CT molecular complexity index is 682. The quantitative estimate of drug-likeness (QED) is 0.917. The van der Waals surface area contributed by atoms with Crippen LogP contribution in [0.4, 0.5) is 4.39 Å². The fraction of sp³-hybridized carbons (Fsp3) is 0.188. The molecule has 0 fully saturated rings. The van der Waals surface area contributed by atoms with Gasteiger partial charge in [-0.3, -0.25) is 0 Å². The normalized spacial score (nSPS) is 10.2. The van der Waals surface area contributed by atoms with E-state index in [1.165, 1.54) is 12.1 Å². The molecule has 2 aromatic rings. The standard InChI is InChI=1S/C16H14ClFN2O/c1-20-9-13-7-14(17)2-3-16(13)21-10-12-4-11(8-19)5-15(18)6-12/h2-7,20H,9-10H2,1H3. The monoisotopic (exact) mass is 304 g/mol. The smallest absolute Gasteiger partial charge is 0.124 e. The molecule has 0 radical (unpaired) electrons. The maximum Gasteiger partial charge on any atom is 0.124 e. The van der Waals surface area contributed by atoms with Crippen LogP contribution in [0, 0.1) is 17.1 Å². The molecule has 108 valence electrons. The van der Waals surface area contributed by atoms with E-state index in [-0.39, 0.29) is 12.2 Å². The van der Waals surface area contributed by atoms with Crippen molar-refractivity contribution in [1.29, 1.82) is 5.26 Å². The van der Waals surface area contributed by atoms with E-state index in [1.54, 1.807) is 18.2 Å². The fourth-order valence-corrected chi connectivity index (χ4v) is 2.17. The van der Waals surface area contributed by atoms with Gasteiger partial charge in [-0.25, -0.2) is 4.39 Å². The van der Waals surface area contributed by atoms with E-state index in [0.717, 1.165) is 5.56 Å². The number of halogens is 2. The molecule has 0 aromatic heterocycles. The molecule has 0 aliphatic carbocycles. The van der Waals surface area contributed by atoms with Crippen molar-refractivity contribution < 1.29 is 9.13 Å². The molecule has 1 N–H and O–H groups in total. The molecule has 0 aliphatic rings. The molecule has 0 heterocycles. The summed E-state index contributed by atoms with van der Waals surface area (Å²) in [6, 6.07) is 11.4. The zero-order chi connectivity index (χ0) is 15.2. The summed E-state index contributed by atoms with van der Waals surface area (Å²) in [6.07, 6.45) is 0. The average molecular weight is 305 g/mol. The van der Waals surface area contributed by atoms with E-state index >= 15 is 0 Å². The summed E-state index contributed by atoms with van der Waals surface area (Å²) in [7, 11) is 1.83. The van der Waals surface area contributed by atoms with Crippen LogP contribution in [0.3, 0.4) is 0 Å². The van der Waals surface area contributed by atoms with Gasteiger partial charge in [0.2, 0.25) is 0 Å². The molecular formula is C16H14ClFN2O. The number of nitriles is 1. The van der Waals surface area contributed by atoms with Gasteiger partial charge in [0.1, 0.15) is 18.2 Å². The number of nitrogens with zero attached hydrogens (tertiary/aromatic N) is 1. The summed E-state index contributed by atoms with van der Waals surface area (Å²) in [5, 5.41) is 12.5. The van der Waals surface area contributed by atoms with Crippen molar-refractivity contribution >= 4 is 11.6 Å². The van der Waals surface area contributed by atoms with Gasteiger partial charge < -0.3 is 10.1 Å². The van der Waals surface area contributed by atoms with Gasteiger partial charge in [-0.2, -0.15) is 5.26 Å². The molecule has 2 aromatic carbocycles. The van der Waals surface area contributed by atoms with Crippen LogP contribution >= 0.6 is 11.6 Å². The summed E-state index contributed by atoms with van der Waals surface area (Å²) in [5.74, 6) is 0.232. The predicted octanol–water partition coefficient (Wildman–Crippen LogP) is 3.65. The van der Waals surface area contributed by atoms with Gasteiger partial charge in [-0.15, -0.1) is 0 Å². The third-order valence-electron chi connectivity index (χ3n) is 2.87. The number of rotatable bonds is 5. The number of hydrogen-bond donors (Lipinski definition) is 1. The Hall–Kier alpha value is -2.09. The second-order valence-corrected chi connectivity index (χ2v) is 4.97. The minimum atomic E-state index is -0.445. The van der Waals surface area contributed by atoms with Crippen molar-refractivity contribution in [3.8, 4) is 11.8 Å². The maximum atomic E-state index is 13.4. The lowest BCUT2D eigenvalue weighted by molar-refractivity contribution is 0.301. The molecule has 0 aliphatic heterocycles. The first-order valence-electron chi connectivity index (χ1n) is 6.38. The molecule has 0 saturated carbocycles. The molecule has 0 bridgehead atoms.